The Hall–Kier alpha value is -0.870. The summed E-state index contributed by atoms with van der Waals surface area (Å²) in [6.45, 7) is 5.96. The summed E-state index contributed by atoms with van der Waals surface area (Å²) >= 11 is 3.37. The first-order chi connectivity index (χ1) is 8.34. The predicted molar refractivity (Wildman–Crippen MR) is 76.7 cm³/mol. The van der Waals surface area contributed by atoms with Crippen molar-refractivity contribution in [1.82, 2.24) is 5.32 Å². The van der Waals surface area contributed by atoms with Crippen molar-refractivity contribution in [2.45, 2.75) is 39.2 Å². The zero-order valence-electron chi connectivity index (χ0n) is 11.1. The Balaban J connectivity index is 2.66. The summed E-state index contributed by atoms with van der Waals surface area (Å²) in [6, 6.07) is 5.55. The molecule has 0 saturated heterocycles. The van der Waals surface area contributed by atoms with Crippen LogP contribution in [0.2, 0.25) is 0 Å². The van der Waals surface area contributed by atoms with Crippen LogP contribution in [0.4, 0.5) is 0 Å². The van der Waals surface area contributed by atoms with Crippen molar-refractivity contribution in [2.75, 3.05) is 6.54 Å². The first-order valence-electron chi connectivity index (χ1n) is 6.12. The van der Waals surface area contributed by atoms with Gasteiger partial charge >= 0.3 is 0 Å². The second-order valence-electron chi connectivity index (χ2n) is 4.95. The van der Waals surface area contributed by atoms with Crippen LogP contribution in [0.5, 0.6) is 0 Å². The number of halogens is 1. The molecule has 2 N–H and O–H groups in total. The van der Waals surface area contributed by atoms with E-state index in [1.807, 2.05) is 26.0 Å². The number of carbonyl (C=O) groups excluding carboxylic acids is 1. The Bertz CT molecular complexity index is 410. The van der Waals surface area contributed by atoms with Gasteiger partial charge in [0.15, 0.2) is 0 Å². The number of aliphatic hydroxyl groups is 1. The third-order valence-electron chi connectivity index (χ3n) is 2.72. The number of aryl methyl sites for hydroxylation is 1. The maximum atomic E-state index is 12.0. The topological polar surface area (TPSA) is 49.3 Å². The average molecular weight is 314 g/mol. The molecule has 0 aliphatic heterocycles. The molecule has 0 saturated carbocycles. The normalized spacial score (nSPS) is 14.1. The minimum absolute atomic E-state index is 0.157. The molecule has 1 amide bonds. The largest absolute Gasteiger partial charge is 0.388 e. The van der Waals surface area contributed by atoms with Gasteiger partial charge in [0.25, 0.3) is 5.91 Å². The summed E-state index contributed by atoms with van der Waals surface area (Å²) in [5, 5.41) is 12.8. The van der Waals surface area contributed by atoms with E-state index >= 15 is 0 Å². The van der Waals surface area contributed by atoms with Crippen molar-refractivity contribution in [2.24, 2.45) is 0 Å². The lowest BCUT2D eigenvalue weighted by Gasteiger charge is -2.23. The number of nitrogens with one attached hydrogen (secondary N) is 1. The SMILES string of the molecule is CCCC(C)(O)CNC(=O)c1cc(C)cc(Br)c1. The highest BCUT2D eigenvalue weighted by Gasteiger charge is 2.20. The van der Waals surface area contributed by atoms with Gasteiger partial charge in [-0.15, -0.1) is 0 Å². The van der Waals surface area contributed by atoms with E-state index in [1.165, 1.54) is 0 Å². The Morgan fingerprint density at radius 3 is 2.67 bits per heavy atom. The summed E-state index contributed by atoms with van der Waals surface area (Å²) in [5.74, 6) is -0.157. The molecule has 4 heteroatoms. The van der Waals surface area contributed by atoms with Gasteiger partial charge in [-0.1, -0.05) is 29.3 Å². The molecular formula is C14H20BrNO2. The highest BCUT2D eigenvalue weighted by molar-refractivity contribution is 9.10. The van der Waals surface area contributed by atoms with Crippen LogP contribution in [-0.2, 0) is 0 Å². The first kappa shape index (κ1) is 15.2. The van der Waals surface area contributed by atoms with Crippen molar-refractivity contribution >= 4 is 21.8 Å². The minimum Gasteiger partial charge on any atom is -0.388 e. The van der Waals surface area contributed by atoms with Gasteiger partial charge in [-0.05, 0) is 44.0 Å². The van der Waals surface area contributed by atoms with Gasteiger partial charge in [-0.25, -0.2) is 0 Å². The van der Waals surface area contributed by atoms with Crippen LogP contribution in [0.3, 0.4) is 0 Å². The van der Waals surface area contributed by atoms with Crippen molar-refractivity contribution in [3.63, 3.8) is 0 Å². The lowest BCUT2D eigenvalue weighted by atomic mass is 10.0. The van der Waals surface area contributed by atoms with Crippen molar-refractivity contribution < 1.29 is 9.90 Å². The summed E-state index contributed by atoms with van der Waals surface area (Å²) in [4.78, 5) is 12.0. The summed E-state index contributed by atoms with van der Waals surface area (Å²) in [6.07, 6.45) is 1.56. The molecule has 1 atom stereocenters. The van der Waals surface area contributed by atoms with E-state index in [9.17, 15) is 9.90 Å². The molecule has 1 unspecified atom stereocenters. The summed E-state index contributed by atoms with van der Waals surface area (Å²) < 4.78 is 0.882. The maximum Gasteiger partial charge on any atom is 0.251 e. The molecule has 18 heavy (non-hydrogen) atoms. The van der Waals surface area contributed by atoms with Crippen molar-refractivity contribution in [3.8, 4) is 0 Å². The van der Waals surface area contributed by atoms with Crippen molar-refractivity contribution in [3.05, 3.63) is 33.8 Å². The molecule has 0 aliphatic carbocycles. The van der Waals surface area contributed by atoms with E-state index in [0.717, 1.165) is 16.5 Å². The van der Waals surface area contributed by atoms with Crippen LogP contribution in [0.25, 0.3) is 0 Å². The number of hydrogen-bond donors (Lipinski definition) is 2. The van der Waals surface area contributed by atoms with Gasteiger partial charge in [0, 0.05) is 16.6 Å². The minimum atomic E-state index is -0.842. The molecular weight excluding hydrogens is 294 g/mol. The second kappa shape index (κ2) is 6.34. The monoisotopic (exact) mass is 313 g/mol. The van der Waals surface area contributed by atoms with E-state index in [4.69, 9.17) is 0 Å². The van der Waals surface area contributed by atoms with Gasteiger partial charge in [0.2, 0.25) is 0 Å². The van der Waals surface area contributed by atoms with Crippen molar-refractivity contribution in [1.29, 1.82) is 0 Å². The molecule has 0 aliphatic rings. The molecule has 1 aromatic carbocycles. The van der Waals surface area contributed by atoms with E-state index in [1.54, 1.807) is 13.0 Å². The molecule has 0 bridgehead atoms. The van der Waals surface area contributed by atoms with Crippen LogP contribution >= 0.6 is 15.9 Å². The first-order valence-corrected chi connectivity index (χ1v) is 6.91. The van der Waals surface area contributed by atoms with E-state index in [0.29, 0.717) is 12.0 Å². The maximum absolute atomic E-state index is 12.0. The number of hydrogen-bond acceptors (Lipinski definition) is 2. The van der Waals surface area contributed by atoms with Gasteiger partial charge in [-0.2, -0.15) is 0 Å². The van der Waals surface area contributed by atoms with Crippen LogP contribution in [0.1, 0.15) is 42.6 Å². The Morgan fingerprint density at radius 1 is 1.44 bits per heavy atom. The fourth-order valence-electron chi connectivity index (χ4n) is 1.87. The molecule has 0 aromatic heterocycles. The van der Waals surface area contributed by atoms with Crippen LogP contribution in [-0.4, -0.2) is 23.2 Å². The van der Waals surface area contributed by atoms with Gasteiger partial charge in [-0.3, -0.25) is 4.79 Å². The summed E-state index contributed by atoms with van der Waals surface area (Å²) in [7, 11) is 0. The Morgan fingerprint density at radius 2 is 2.11 bits per heavy atom. The smallest absolute Gasteiger partial charge is 0.251 e. The Labute approximate surface area is 117 Å². The molecule has 3 nitrogen and oxygen atoms in total. The average Bonchev–Trinajstić information content (AvgIpc) is 2.24. The van der Waals surface area contributed by atoms with E-state index in [-0.39, 0.29) is 12.5 Å². The standard InChI is InChI=1S/C14H20BrNO2/c1-4-5-14(3,18)9-16-13(17)11-6-10(2)7-12(15)8-11/h6-8,18H,4-5,9H2,1-3H3,(H,16,17). The van der Waals surface area contributed by atoms with Gasteiger partial charge in [0.05, 0.1) is 5.60 Å². The highest BCUT2D eigenvalue weighted by atomic mass is 79.9. The Kier molecular flexibility index (Phi) is 5.35. The second-order valence-corrected chi connectivity index (χ2v) is 5.86. The molecule has 0 heterocycles. The quantitative estimate of drug-likeness (QED) is 0.877. The zero-order chi connectivity index (χ0) is 13.8. The third-order valence-corrected chi connectivity index (χ3v) is 3.18. The lowest BCUT2D eigenvalue weighted by Crippen LogP contribution is -2.40. The molecule has 0 radical (unpaired) electrons. The predicted octanol–water partition coefficient (Wildman–Crippen LogP) is 3.04. The van der Waals surface area contributed by atoms with E-state index < -0.39 is 5.60 Å². The molecule has 0 fully saturated rings. The molecule has 0 spiro atoms. The van der Waals surface area contributed by atoms with Gasteiger partial charge < -0.3 is 10.4 Å². The fourth-order valence-corrected chi connectivity index (χ4v) is 2.47. The molecule has 1 aromatic rings. The van der Waals surface area contributed by atoms with Crippen LogP contribution in [0, 0.1) is 6.92 Å². The fraction of sp³-hybridized carbons (Fsp3) is 0.500. The summed E-state index contributed by atoms with van der Waals surface area (Å²) in [5.41, 5.74) is 0.787. The zero-order valence-corrected chi connectivity index (χ0v) is 12.7. The van der Waals surface area contributed by atoms with E-state index in [2.05, 4.69) is 21.2 Å². The number of benzene rings is 1. The number of rotatable bonds is 5. The highest BCUT2D eigenvalue weighted by Crippen LogP contribution is 2.16. The van der Waals surface area contributed by atoms with Crippen LogP contribution < -0.4 is 5.32 Å². The van der Waals surface area contributed by atoms with Gasteiger partial charge in [0.1, 0.15) is 0 Å². The number of amides is 1. The van der Waals surface area contributed by atoms with Crippen LogP contribution in [0.15, 0.2) is 22.7 Å². The number of carbonyl (C=O) groups is 1. The molecule has 100 valence electrons. The third kappa shape index (κ3) is 4.78. The molecule has 1 rings (SSSR count). The lowest BCUT2D eigenvalue weighted by molar-refractivity contribution is 0.0469.